The van der Waals surface area contributed by atoms with Crippen LogP contribution in [0, 0.1) is 17.7 Å². The van der Waals surface area contributed by atoms with Gasteiger partial charge in [-0.3, -0.25) is 0 Å². The first-order chi connectivity index (χ1) is 9.52. The molecule has 120 valence electrons. The van der Waals surface area contributed by atoms with Gasteiger partial charge in [0.25, 0.3) is 0 Å². The molecule has 2 rings (SSSR count). The minimum Gasteiger partial charge on any atom is -0.491 e. The van der Waals surface area contributed by atoms with Crippen LogP contribution in [0.1, 0.15) is 20.3 Å². The molecule has 0 aromatic heterocycles. The van der Waals surface area contributed by atoms with Crippen LogP contribution in [0.2, 0.25) is 0 Å². The van der Waals surface area contributed by atoms with Gasteiger partial charge in [0, 0.05) is 19.6 Å². The Kier molecular flexibility index (Phi) is 7.43. The maximum absolute atomic E-state index is 12.8. The fourth-order valence-electron chi connectivity index (χ4n) is 3.02. The number of β-amino-alcohol motifs (C(OH)–C–C–N with tert-alkyl or cyclic N) is 1. The lowest BCUT2D eigenvalue weighted by molar-refractivity contribution is 0.0429. The highest BCUT2D eigenvalue weighted by atomic mass is 35.5. The molecule has 1 aromatic carbocycles. The lowest BCUT2D eigenvalue weighted by atomic mass is 9.92. The Bertz CT molecular complexity index is 405. The Balaban J connectivity index is 0.00000220. The number of likely N-dealkylation sites (tertiary alicyclic amines) is 1. The number of aliphatic hydroxyl groups excluding tert-OH is 1. The van der Waals surface area contributed by atoms with Crippen molar-refractivity contribution in [3.63, 3.8) is 0 Å². The summed E-state index contributed by atoms with van der Waals surface area (Å²) in [7, 11) is 0. The molecule has 0 radical (unpaired) electrons. The first-order valence-corrected chi connectivity index (χ1v) is 7.31. The van der Waals surface area contributed by atoms with Crippen molar-refractivity contribution in [1.82, 2.24) is 4.90 Å². The number of piperidine rings is 1. The molecule has 1 fully saturated rings. The molecule has 5 heteroatoms. The molecular weight excluding hydrogens is 293 g/mol. The molecule has 1 aliphatic heterocycles. The number of benzene rings is 1. The summed E-state index contributed by atoms with van der Waals surface area (Å²) in [6.07, 6.45) is 0.746. The predicted molar refractivity (Wildman–Crippen MR) is 84.5 cm³/mol. The van der Waals surface area contributed by atoms with Gasteiger partial charge < -0.3 is 14.7 Å². The van der Waals surface area contributed by atoms with Crippen molar-refractivity contribution in [2.24, 2.45) is 11.8 Å². The summed E-state index contributed by atoms with van der Waals surface area (Å²) in [5, 5.41) is 10.0. The summed E-state index contributed by atoms with van der Waals surface area (Å²) < 4.78 is 18.2. The SMILES string of the molecule is CC1CC(C)CN(CC(O)COc2ccc(F)cc2)C1.Cl. The Hall–Kier alpha value is -0.840. The zero-order chi connectivity index (χ0) is 14.5. The Labute approximate surface area is 132 Å². The minimum atomic E-state index is -0.516. The van der Waals surface area contributed by atoms with E-state index in [0.29, 0.717) is 24.1 Å². The number of hydrogen-bond acceptors (Lipinski definition) is 3. The molecule has 0 amide bonds. The van der Waals surface area contributed by atoms with Gasteiger partial charge in [0.05, 0.1) is 0 Å². The Morgan fingerprint density at radius 1 is 1.24 bits per heavy atom. The van der Waals surface area contributed by atoms with Crippen molar-refractivity contribution in [3.05, 3.63) is 30.1 Å². The summed E-state index contributed by atoms with van der Waals surface area (Å²) in [4.78, 5) is 2.30. The summed E-state index contributed by atoms with van der Waals surface area (Å²) in [5.74, 6) is 1.67. The summed E-state index contributed by atoms with van der Waals surface area (Å²) in [5.41, 5.74) is 0. The first kappa shape index (κ1) is 18.2. The average Bonchev–Trinajstić information content (AvgIpc) is 2.37. The molecule has 3 atom stereocenters. The van der Waals surface area contributed by atoms with Crippen molar-refractivity contribution in [2.45, 2.75) is 26.4 Å². The standard InChI is InChI=1S/C16H24FNO2.ClH/c1-12-7-13(2)9-18(8-12)10-15(19)11-20-16-5-3-14(17)4-6-16;/h3-6,12-13,15,19H,7-11H2,1-2H3;1H. The number of halogens is 2. The van der Waals surface area contributed by atoms with E-state index < -0.39 is 6.10 Å². The first-order valence-electron chi connectivity index (χ1n) is 7.31. The van der Waals surface area contributed by atoms with Crippen LogP contribution in [-0.4, -0.2) is 42.4 Å². The number of nitrogens with zero attached hydrogens (tertiary/aromatic N) is 1. The summed E-state index contributed by atoms with van der Waals surface area (Å²) in [6.45, 7) is 7.46. The maximum Gasteiger partial charge on any atom is 0.123 e. The van der Waals surface area contributed by atoms with Crippen LogP contribution >= 0.6 is 12.4 Å². The van der Waals surface area contributed by atoms with Gasteiger partial charge >= 0.3 is 0 Å². The highest BCUT2D eigenvalue weighted by molar-refractivity contribution is 5.85. The van der Waals surface area contributed by atoms with Gasteiger partial charge in [-0.2, -0.15) is 0 Å². The zero-order valence-electron chi connectivity index (χ0n) is 12.7. The lowest BCUT2D eigenvalue weighted by Crippen LogP contribution is -2.43. The van der Waals surface area contributed by atoms with Crippen LogP contribution in [0.4, 0.5) is 4.39 Å². The number of aliphatic hydroxyl groups is 1. The van der Waals surface area contributed by atoms with Crippen LogP contribution < -0.4 is 4.74 Å². The van der Waals surface area contributed by atoms with Gasteiger partial charge in [-0.05, 0) is 42.5 Å². The van der Waals surface area contributed by atoms with Crippen LogP contribution in [0.5, 0.6) is 5.75 Å². The van der Waals surface area contributed by atoms with Crippen LogP contribution in [0.15, 0.2) is 24.3 Å². The van der Waals surface area contributed by atoms with Gasteiger partial charge in [0.15, 0.2) is 0 Å². The summed E-state index contributed by atoms with van der Waals surface area (Å²) in [6, 6.07) is 5.87. The number of rotatable bonds is 5. The van der Waals surface area contributed by atoms with Gasteiger partial charge in [-0.15, -0.1) is 12.4 Å². The molecule has 1 aromatic rings. The van der Waals surface area contributed by atoms with Crippen molar-refractivity contribution >= 4 is 12.4 Å². The molecule has 3 unspecified atom stereocenters. The molecule has 1 aliphatic rings. The maximum atomic E-state index is 12.8. The van der Waals surface area contributed by atoms with E-state index in [-0.39, 0.29) is 24.8 Å². The topological polar surface area (TPSA) is 32.7 Å². The number of hydrogen-bond donors (Lipinski definition) is 1. The van der Waals surface area contributed by atoms with Crippen LogP contribution in [-0.2, 0) is 0 Å². The van der Waals surface area contributed by atoms with Crippen LogP contribution in [0.25, 0.3) is 0 Å². The molecule has 0 bridgehead atoms. The van der Waals surface area contributed by atoms with E-state index in [2.05, 4.69) is 18.7 Å². The van der Waals surface area contributed by atoms with E-state index in [1.54, 1.807) is 12.1 Å². The van der Waals surface area contributed by atoms with Crippen molar-refractivity contribution in [2.75, 3.05) is 26.2 Å². The molecule has 3 nitrogen and oxygen atoms in total. The Morgan fingerprint density at radius 2 is 1.81 bits per heavy atom. The molecular formula is C16H25ClFNO2. The zero-order valence-corrected chi connectivity index (χ0v) is 13.5. The average molecular weight is 318 g/mol. The van der Waals surface area contributed by atoms with Crippen molar-refractivity contribution in [3.8, 4) is 5.75 Å². The predicted octanol–water partition coefficient (Wildman–Crippen LogP) is 2.97. The van der Waals surface area contributed by atoms with Crippen molar-refractivity contribution < 1.29 is 14.2 Å². The van der Waals surface area contributed by atoms with Gasteiger partial charge in [0.2, 0.25) is 0 Å². The highest BCUT2D eigenvalue weighted by Crippen LogP contribution is 2.21. The van der Waals surface area contributed by atoms with Crippen LogP contribution in [0.3, 0.4) is 0 Å². The van der Waals surface area contributed by atoms with Gasteiger partial charge in [-0.25, -0.2) is 4.39 Å². The summed E-state index contributed by atoms with van der Waals surface area (Å²) >= 11 is 0. The molecule has 1 heterocycles. The second-order valence-electron chi connectivity index (χ2n) is 6.08. The molecule has 0 saturated carbocycles. The second-order valence-corrected chi connectivity index (χ2v) is 6.08. The van der Waals surface area contributed by atoms with E-state index >= 15 is 0 Å². The van der Waals surface area contributed by atoms with Gasteiger partial charge in [0.1, 0.15) is 24.3 Å². The fraction of sp³-hybridized carbons (Fsp3) is 0.625. The minimum absolute atomic E-state index is 0. The number of ether oxygens (including phenoxy) is 1. The third-order valence-electron chi connectivity index (χ3n) is 3.67. The van der Waals surface area contributed by atoms with E-state index in [0.717, 1.165) is 13.1 Å². The second kappa shape index (κ2) is 8.57. The van der Waals surface area contributed by atoms with E-state index in [9.17, 15) is 9.50 Å². The third kappa shape index (κ3) is 6.20. The Morgan fingerprint density at radius 3 is 2.38 bits per heavy atom. The largest absolute Gasteiger partial charge is 0.491 e. The normalized spacial score (nSPS) is 24.2. The molecule has 21 heavy (non-hydrogen) atoms. The smallest absolute Gasteiger partial charge is 0.123 e. The molecule has 0 spiro atoms. The van der Waals surface area contributed by atoms with E-state index in [4.69, 9.17) is 4.74 Å². The van der Waals surface area contributed by atoms with Crippen molar-refractivity contribution in [1.29, 1.82) is 0 Å². The van der Waals surface area contributed by atoms with Gasteiger partial charge in [-0.1, -0.05) is 13.8 Å². The molecule has 0 aliphatic carbocycles. The molecule has 1 saturated heterocycles. The monoisotopic (exact) mass is 317 g/mol. The quantitative estimate of drug-likeness (QED) is 0.906. The highest BCUT2D eigenvalue weighted by Gasteiger charge is 2.23. The lowest BCUT2D eigenvalue weighted by Gasteiger charge is -2.35. The van der Waals surface area contributed by atoms with E-state index in [1.165, 1.54) is 18.6 Å². The molecule has 1 N–H and O–H groups in total. The third-order valence-corrected chi connectivity index (χ3v) is 3.67. The van der Waals surface area contributed by atoms with E-state index in [1.807, 2.05) is 0 Å². The fourth-order valence-corrected chi connectivity index (χ4v) is 3.02.